The Morgan fingerprint density at radius 2 is 1.96 bits per heavy atom. The number of benzene rings is 2. The third-order valence-electron chi connectivity index (χ3n) is 3.81. The fourth-order valence-electron chi connectivity index (χ4n) is 2.40. The van der Waals surface area contributed by atoms with Gasteiger partial charge in [0.05, 0.1) is 10.6 Å². The lowest BCUT2D eigenvalue weighted by atomic mass is 10.1. The van der Waals surface area contributed by atoms with E-state index in [1.54, 1.807) is 25.1 Å². The van der Waals surface area contributed by atoms with Crippen molar-refractivity contribution in [2.45, 2.75) is 6.92 Å². The summed E-state index contributed by atoms with van der Waals surface area (Å²) in [6.07, 6.45) is 1.22. The number of amides is 2. The van der Waals surface area contributed by atoms with Crippen LogP contribution in [0.4, 0.5) is 11.4 Å². The monoisotopic (exact) mass is 373 g/mol. The summed E-state index contributed by atoms with van der Waals surface area (Å²) in [5, 5.41) is 21.9. The summed E-state index contributed by atoms with van der Waals surface area (Å²) in [4.78, 5) is 34.8. The van der Waals surface area contributed by atoms with Crippen LogP contribution in [0.3, 0.4) is 0 Å². The number of aromatic hydroxyl groups is 1. The Kier molecular flexibility index (Phi) is 4.35. The Morgan fingerprint density at radius 3 is 2.62 bits per heavy atom. The van der Waals surface area contributed by atoms with Crippen molar-refractivity contribution in [3.05, 3.63) is 68.2 Å². The van der Waals surface area contributed by atoms with Crippen LogP contribution in [0.15, 0.2) is 42.0 Å². The standard InChI is InChI=1S/C17H12ClN3O5/c1-9-2-4-11(8-13(9)18)20-17(24)12(16(23)19-20)6-10-3-5-15(22)14(7-10)21(25)26/h2-8,22H,1H3,(H,19,23)/b12-6+. The van der Waals surface area contributed by atoms with Gasteiger partial charge in [-0.15, -0.1) is 0 Å². The lowest BCUT2D eigenvalue weighted by Gasteiger charge is -2.15. The number of hydrogen-bond donors (Lipinski definition) is 2. The lowest BCUT2D eigenvalue weighted by molar-refractivity contribution is -0.385. The van der Waals surface area contributed by atoms with Gasteiger partial charge in [-0.2, -0.15) is 0 Å². The van der Waals surface area contributed by atoms with Gasteiger partial charge in [-0.3, -0.25) is 25.1 Å². The van der Waals surface area contributed by atoms with Gasteiger partial charge < -0.3 is 5.11 Å². The molecule has 26 heavy (non-hydrogen) atoms. The van der Waals surface area contributed by atoms with E-state index in [-0.39, 0.29) is 11.1 Å². The molecule has 0 unspecified atom stereocenters. The van der Waals surface area contributed by atoms with Crippen LogP contribution in [0.5, 0.6) is 5.75 Å². The maximum atomic E-state index is 12.6. The predicted molar refractivity (Wildman–Crippen MR) is 94.6 cm³/mol. The topological polar surface area (TPSA) is 113 Å². The number of hydrazine groups is 1. The van der Waals surface area contributed by atoms with E-state index in [0.29, 0.717) is 10.7 Å². The molecular weight excluding hydrogens is 362 g/mol. The van der Waals surface area contributed by atoms with Crippen LogP contribution in [0.1, 0.15) is 11.1 Å². The molecule has 3 rings (SSSR count). The van der Waals surface area contributed by atoms with Gasteiger partial charge in [0.15, 0.2) is 5.75 Å². The number of phenolic OH excluding ortho intramolecular Hbond substituents is 1. The molecule has 8 nitrogen and oxygen atoms in total. The molecule has 0 saturated carbocycles. The molecule has 9 heteroatoms. The van der Waals surface area contributed by atoms with Gasteiger partial charge in [0.2, 0.25) is 0 Å². The summed E-state index contributed by atoms with van der Waals surface area (Å²) in [5.41, 5.74) is 3.15. The summed E-state index contributed by atoms with van der Waals surface area (Å²) >= 11 is 6.05. The number of carbonyl (C=O) groups excluding carboxylic acids is 2. The van der Waals surface area contributed by atoms with E-state index in [1.807, 2.05) is 0 Å². The molecule has 1 heterocycles. The van der Waals surface area contributed by atoms with Gasteiger partial charge in [-0.1, -0.05) is 23.7 Å². The first-order valence-corrected chi connectivity index (χ1v) is 7.76. The van der Waals surface area contributed by atoms with Gasteiger partial charge in [-0.25, -0.2) is 5.01 Å². The van der Waals surface area contributed by atoms with Crippen molar-refractivity contribution in [3.63, 3.8) is 0 Å². The van der Waals surface area contributed by atoms with Crippen molar-refractivity contribution >= 4 is 40.9 Å². The molecular formula is C17H12ClN3O5. The summed E-state index contributed by atoms with van der Waals surface area (Å²) < 4.78 is 0. The third-order valence-corrected chi connectivity index (χ3v) is 4.22. The summed E-state index contributed by atoms with van der Waals surface area (Å²) in [6.45, 7) is 1.81. The molecule has 1 saturated heterocycles. The number of nitrogens with one attached hydrogen (secondary N) is 1. The molecule has 2 amide bonds. The fourth-order valence-corrected chi connectivity index (χ4v) is 2.58. The number of nitro benzene ring substituents is 1. The largest absolute Gasteiger partial charge is 0.502 e. The molecule has 1 aliphatic heterocycles. The van der Waals surface area contributed by atoms with E-state index in [1.165, 1.54) is 12.1 Å². The molecule has 2 aromatic carbocycles. The quantitative estimate of drug-likeness (QED) is 0.372. The van der Waals surface area contributed by atoms with E-state index in [0.717, 1.165) is 22.7 Å². The Morgan fingerprint density at radius 1 is 1.23 bits per heavy atom. The van der Waals surface area contributed by atoms with Crippen LogP contribution in [0.2, 0.25) is 5.02 Å². The molecule has 1 fully saturated rings. The van der Waals surface area contributed by atoms with Crippen LogP contribution in [-0.4, -0.2) is 21.8 Å². The zero-order valence-corrected chi connectivity index (χ0v) is 14.1. The van der Waals surface area contributed by atoms with Gasteiger partial charge in [-0.05, 0) is 42.3 Å². The Bertz CT molecular complexity index is 986. The molecule has 0 radical (unpaired) electrons. The van der Waals surface area contributed by atoms with Gasteiger partial charge >= 0.3 is 5.69 Å². The lowest BCUT2D eigenvalue weighted by Crippen LogP contribution is -2.35. The minimum atomic E-state index is -0.755. The molecule has 1 aliphatic rings. The predicted octanol–water partition coefficient (Wildman–Crippen LogP) is 2.72. The van der Waals surface area contributed by atoms with Gasteiger partial charge in [0, 0.05) is 11.1 Å². The number of nitro groups is 1. The smallest absolute Gasteiger partial charge is 0.311 e. The highest BCUT2D eigenvalue weighted by Crippen LogP contribution is 2.29. The highest BCUT2D eigenvalue weighted by Gasteiger charge is 2.34. The molecule has 0 spiro atoms. The maximum absolute atomic E-state index is 12.6. The second-order valence-corrected chi connectivity index (χ2v) is 5.99. The zero-order chi connectivity index (χ0) is 19.0. The van der Waals surface area contributed by atoms with Crippen molar-refractivity contribution in [2.75, 3.05) is 5.01 Å². The molecule has 0 aromatic heterocycles. The van der Waals surface area contributed by atoms with Gasteiger partial charge in [0.25, 0.3) is 11.8 Å². The van der Waals surface area contributed by atoms with Crippen LogP contribution in [0, 0.1) is 17.0 Å². The highest BCUT2D eigenvalue weighted by atomic mass is 35.5. The minimum absolute atomic E-state index is 0.193. The van der Waals surface area contributed by atoms with E-state index < -0.39 is 28.2 Å². The van der Waals surface area contributed by atoms with E-state index in [9.17, 15) is 24.8 Å². The maximum Gasteiger partial charge on any atom is 0.311 e. The fraction of sp³-hybridized carbons (Fsp3) is 0.0588. The number of aryl methyl sites for hydroxylation is 1. The summed E-state index contributed by atoms with van der Waals surface area (Å²) in [5.74, 6) is -1.77. The van der Waals surface area contributed by atoms with Crippen molar-refractivity contribution < 1.29 is 19.6 Å². The van der Waals surface area contributed by atoms with Crippen molar-refractivity contribution in [3.8, 4) is 5.75 Å². The van der Waals surface area contributed by atoms with Gasteiger partial charge in [0.1, 0.15) is 5.57 Å². The Balaban J connectivity index is 1.96. The van der Waals surface area contributed by atoms with Crippen molar-refractivity contribution in [2.24, 2.45) is 0 Å². The number of rotatable bonds is 3. The molecule has 2 aromatic rings. The highest BCUT2D eigenvalue weighted by molar-refractivity contribution is 6.33. The number of nitrogens with zero attached hydrogens (tertiary/aromatic N) is 2. The molecule has 0 bridgehead atoms. The zero-order valence-electron chi connectivity index (χ0n) is 13.4. The van der Waals surface area contributed by atoms with Crippen molar-refractivity contribution in [1.82, 2.24) is 5.43 Å². The molecule has 0 aliphatic carbocycles. The first-order chi connectivity index (χ1) is 12.3. The average Bonchev–Trinajstić information content (AvgIpc) is 2.87. The average molecular weight is 374 g/mol. The number of halogens is 1. The van der Waals surface area contributed by atoms with E-state index in [2.05, 4.69) is 5.43 Å². The Labute approximate surface area is 152 Å². The van der Waals surface area contributed by atoms with Crippen LogP contribution in [-0.2, 0) is 9.59 Å². The van der Waals surface area contributed by atoms with Crippen LogP contribution in [0.25, 0.3) is 6.08 Å². The SMILES string of the molecule is Cc1ccc(N2NC(=O)/C(=C\c3ccc(O)c([N+](=O)[O-])c3)C2=O)cc1Cl. The molecule has 2 N–H and O–H groups in total. The first-order valence-electron chi connectivity index (χ1n) is 7.38. The normalized spacial score (nSPS) is 15.5. The summed E-state index contributed by atoms with van der Waals surface area (Å²) in [7, 11) is 0. The molecule has 0 atom stereocenters. The summed E-state index contributed by atoms with van der Waals surface area (Å²) in [6, 6.07) is 8.45. The van der Waals surface area contributed by atoms with E-state index in [4.69, 9.17) is 11.6 Å². The number of carbonyl (C=O) groups is 2. The number of hydrogen-bond acceptors (Lipinski definition) is 5. The third kappa shape index (κ3) is 3.09. The van der Waals surface area contributed by atoms with Crippen molar-refractivity contribution in [1.29, 1.82) is 0 Å². The first kappa shape index (κ1) is 17.4. The number of phenols is 1. The minimum Gasteiger partial charge on any atom is -0.502 e. The number of anilines is 1. The van der Waals surface area contributed by atoms with E-state index >= 15 is 0 Å². The molecule has 132 valence electrons. The van der Waals surface area contributed by atoms with Crippen LogP contribution < -0.4 is 10.4 Å². The second kappa shape index (κ2) is 6.49. The second-order valence-electron chi connectivity index (χ2n) is 5.58. The van der Waals surface area contributed by atoms with Crippen LogP contribution >= 0.6 is 11.6 Å². The Hall–Kier alpha value is -3.39.